The van der Waals surface area contributed by atoms with Crippen LogP contribution in [0.15, 0.2) is 23.3 Å². The molecule has 150 valence electrons. The van der Waals surface area contributed by atoms with Gasteiger partial charge < -0.3 is 10.2 Å². The van der Waals surface area contributed by atoms with Gasteiger partial charge in [-0.15, -0.1) is 0 Å². The molecular weight excluding hydrogens is 336 g/mol. The van der Waals surface area contributed by atoms with Crippen LogP contribution in [-0.4, -0.2) is 22.3 Å². The summed E-state index contributed by atoms with van der Waals surface area (Å²) in [5.74, 6) is 1.05. The third-order valence-electron chi connectivity index (χ3n) is 9.12. The molecule has 0 aromatic heterocycles. The van der Waals surface area contributed by atoms with Crippen LogP contribution in [0.1, 0.15) is 78.6 Å². The Hall–Kier alpha value is -1.09. The number of carboxylic acids is 1. The number of hydrogen-bond donors (Lipinski definition) is 2. The Bertz CT molecular complexity index is 677. The topological polar surface area (TPSA) is 57.5 Å². The van der Waals surface area contributed by atoms with Crippen LogP contribution in [0.25, 0.3) is 0 Å². The quantitative estimate of drug-likeness (QED) is 0.699. The average Bonchev–Trinajstić information content (AvgIpc) is 2.98. The molecule has 0 aliphatic heterocycles. The molecule has 0 aromatic rings. The predicted octanol–water partition coefficient (Wildman–Crippen LogP) is 5.35. The summed E-state index contributed by atoms with van der Waals surface area (Å²) in [5.41, 5.74) is 4.03. The molecule has 1 unspecified atom stereocenters. The zero-order valence-electron chi connectivity index (χ0n) is 17.2. The number of allylic oxidation sites excluding steroid dienone is 4. The summed E-state index contributed by atoms with van der Waals surface area (Å²) in [5, 5.41) is 19.0. The fourth-order valence-electron chi connectivity index (χ4n) is 7.63. The molecule has 7 atom stereocenters. The summed E-state index contributed by atoms with van der Waals surface area (Å²) in [7, 11) is 0. The molecule has 4 aliphatic rings. The van der Waals surface area contributed by atoms with E-state index in [1.54, 1.807) is 11.1 Å². The number of aliphatic hydroxyl groups is 1. The molecule has 3 nitrogen and oxygen atoms in total. The van der Waals surface area contributed by atoms with E-state index in [9.17, 15) is 9.90 Å². The molecule has 3 saturated carbocycles. The van der Waals surface area contributed by atoms with Crippen LogP contribution in [0.4, 0.5) is 0 Å². The Morgan fingerprint density at radius 3 is 2.67 bits per heavy atom. The van der Waals surface area contributed by atoms with Gasteiger partial charge in [0.25, 0.3) is 0 Å². The molecule has 0 heterocycles. The normalized spacial score (nSPS) is 42.9. The summed E-state index contributed by atoms with van der Waals surface area (Å²) in [6.07, 6.45) is 14.4. The van der Waals surface area contributed by atoms with E-state index in [0.29, 0.717) is 23.7 Å². The highest BCUT2D eigenvalue weighted by Crippen LogP contribution is 2.66. The molecule has 3 fully saturated rings. The first-order valence-electron chi connectivity index (χ1n) is 11.1. The Morgan fingerprint density at radius 2 is 1.93 bits per heavy atom. The fraction of sp³-hybridized carbons (Fsp3) is 0.792. The van der Waals surface area contributed by atoms with Crippen LogP contribution < -0.4 is 0 Å². The van der Waals surface area contributed by atoms with Gasteiger partial charge in [-0.25, -0.2) is 4.79 Å². The smallest absolute Gasteiger partial charge is 0.332 e. The van der Waals surface area contributed by atoms with Crippen LogP contribution in [0.3, 0.4) is 0 Å². The van der Waals surface area contributed by atoms with E-state index < -0.39 is 12.1 Å². The second-order valence-corrected chi connectivity index (χ2v) is 10.4. The lowest BCUT2D eigenvalue weighted by atomic mass is 9.50. The molecule has 4 aliphatic carbocycles. The Labute approximate surface area is 163 Å². The lowest BCUT2D eigenvalue weighted by Gasteiger charge is -2.54. The summed E-state index contributed by atoms with van der Waals surface area (Å²) < 4.78 is 0. The van der Waals surface area contributed by atoms with Crippen molar-refractivity contribution >= 4 is 5.97 Å². The van der Waals surface area contributed by atoms with Gasteiger partial charge in [0.05, 0.1) is 0 Å². The minimum absolute atomic E-state index is 0.253. The SMILES string of the molecule is C[C@H](CC(O)C(=O)O)[C@H]1CC[C@H]2C3=CC=C4CCCC[C@]4(C)[C@H]3CC[C@]12C. The van der Waals surface area contributed by atoms with Crippen LogP contribution in [-0.2, 0) is 4.79 Å². The van der Waals surface area contributed by atoms with Crippen molar-refractivity contribution in [1.82, 2.24) is 0 Å². The van der Waals surface area contributed by atoms with Gasteiger partial charge in [0.2, 0.25) is 0 Å². The lowest BCUT2D eigenvalue weighted by molar-refractivity contribution is -0.148. The van der Waals surface area contributed by atoms with E-state index in [2.05, 4.69) is 32.9 Å². The van der Waals surface area contributed by atoms with Gasteiger partial charge in [-0.2, -0.15) is 0 Å². The van der Waals surface area contributed by atoms with Crippen LogP contribution >= 0.6 is 0 Å². The molecule has 27 heavy (non-hydrogen) atoms. The second-order valence-electron chi connectivity index (χ2n) is 10.4. The Balaban J connectivity index is 1.58. The van der Waals surface area contributed by atoms with Crippen molar-refractivity contribution < 1.29 is 15.0 Å². The van der Waals surface area contributed by atoms with Crippen molar-refractivity contribution in [2.24, 2.45) is 34.5 Å². The maximum atomic E-state index is 11.1. The molecule has 0 aromatic carbocycles. The highest BCUT2D eigenvalue weighted by molar-refractivity contribution is 5.71. The first-order valence-corrected chi connectivity index (χ1v) is 11.1. The maximum Gasteiger partial charge on any atom is 0.332 e. The molecule has 4 rings (SSSR count). The summed E-state index contributed by atoms with van der Waals surface area (Å²) in [4.78, 5) is 11.1. The summed E-state index contributed by atoms with van der Waals surface area (Å²) in [6, 6.07) is 0. The highest BCUT2D eigenvalue weighted by Gasteiger charge is 2.56. The molecule has 0 radical (unpaired) electrons. The average molecular weight is 373 g/mol. The maximum absolute atomic E-state index is 11.1. The van der Waals surface area contributed by atoms with Crippen molar-refractivity contribution in [3.05, 3.63) is 23.3 Å². The van der Waals surface area contributed by atoms with Crippen molar-refractivity contribution in [3.63, 3.8) is 0 Å². The van der Waals surface area contributed by atoms with Crippen LogP contribution in [0.2, 0.25) is 0 Å². The van der Waals surface area contributed by atoms with E-state index in [-0.39, 0.29) is 11.3 Å². The molecule has 0 spiro atoms. The van der Waals surface area contributed by atoms with Gasteiger partial charge in [-0.3, -0.25) is 0 Å². The third kappa shape index (κ3) is 2.92. The number of aliphatic carboxylic acids is 1. The zero-order chi connectivity index (χ0) is 19.4. The summed E-state index contributed by atoms with van der Waals surface area (Å²) >= 11 is 0. The number of carboxylic acid groups (broad SMARTS) is 1. The molecule has 0 amide bonds. The van der Waals surface area contributed by atoms with E-state index >= 15 is 0 Å². The van der Waals surface area contributed by atoms with Gasteiger partial charge in [-0.05, 0) is 85.9 Å². The molecule has 2 N–H and O–H groups in total. The molecule has 0 saturated heterocycles. The predicted molar refractivity (Wildman–Crippen MR) is 107 cm³/mol. The van der Waals surface area contributed by atoms with Gasteiger partial charge in [0, 0.05) is 0 Å². The van der Waals surface area contributed by atoms with Crippen LogP contribution in [0.5, 0.6) is 0 Å². The van der Waals surface area contributed by atoms with E-state index in [4.69, 9.17) is 5.11 Å². The molecule has 3 heteroatoms. The number of hydrogen-bond acceptors (Lipinski definition) is 2. The zero-order valence-corrected chi connectivity index (χ0v) is 17.2. The second kappa shape index (κ2) is 6.76. The number of carbonyl (C=O) groups is 1. The third-order valence-corrected chi connectivity index (χ3v) is 9.12. The standard InChI is InChI=1S/C24H36O3/c1-15(14-21(25)22(26)27)18-9-10-19-17-8-7-16-6-4-5-12-23(16,2)20(17)11-13-24(18,19)3/h7-8,15,18-21,25H,4-6,9-14H2,1-3H3,(H,26,27)/t15-,18-,19+,20+,21?,23+,24-/m1/s1. The van der Waals surface area contributed by atoms with E-state index in [0.717, 1.165) is 5.92 Å². The summed E-state index contributed by atoms with van der Waals surface area (Å²) in [6.45, 7) is 7.14. The number of rotatable bonds is 4. The van der Waals surface area contributed by atoms with E-state index in [1.807, 2.05) is 0 Å². The monoisotopic (exact) mass is 372 g/mol. The van der Waals surface area contributed by atoms with Crippen molar-refractivity contribution in [1.29, 1.82) is 0 Å². The lowest BCUT2D eigenvalue weighted by Crippen LogP contribution is -2.45. The molecular formula is C24H36O3. The van der Waals surface area contributed by atoms with Gasteiger partial charge >= 0.3 is 5.97 Å². The van der Waals surface area contributed by atoms with Crippen molar-refractivity contribution in [2.75, 3.05) is 0 Å². The highest BCUT2D eigenvalue weighted by atomic mass is 16.4. The van der Waals surface area contributed by atoms with Gasteiger partial charge in [0.15, 0.2) is 6.10 Å². The number of fused-ring (bicyclic) bond motifs is 5. The Morgan fingerprint density at radius 1 is 1.15 bits per heavy atom. The largest absolute Gasteiger partial charge is 0.479 e. The minimum atomic E-state index is -1.22. The van der Waals surface area contributed by atoms with Gasteiger partial charge in [-0.1, -0.05) is 50.5 Å². The van der Waals surface area contributed by atoms with Crippen molar-refractivity contribution in [3.8, 4) is 0 Å². The van der Waals surface area contributed by atoms with Crippen molar-refractivity contribution in [2.45, 2.75) is 84.7 Å². The first kappa shape index (κ1) is 19.2. The first-order chi connectivity index (χ1) is 12.8. The van der Waals surface area contributed by atoms with E-state index in [1.165, 1.54) is 51.4 Å². The number of aliphatic hydroxyl groups excluding tert-OH is 1. The fourth-order valence-corrected chi connectivity index (χ4v) is 7.63. The van der Waals surface area contributed by atoms with Crippen LogP contribution in [0, 0.1) is 34.5 Å². The van der Waals surface area contributed by atoms with Gasteiger partial charge in [0.1, 0.15) is 0 Å². The minimum Gasteiger partial charge on any atom is -0.479 e. The Kier molecular flexibility index (Phi) is 4.81. The molecule has 0 bridgehead atoms.